The summed E-state index contributed by atoms with van der Waals surface area (Å²) in [5.74, 6) is 1.44. The van der Waals surface area contributed by atoms with Crippen molar-refractivity contribution >= 4 is 0 Å². The first-order chi connectivity index (χ1) is 7.74. The number of aryl methyl sites for hydroxylation is 2. The monoisotopic (exact) mass is 212 g/mol. The lowest BCUT2D eigenvalue weighted by atomic mass is 9.98. The van der Waals surface area contributed by atoms with E-state index in [1.54, 1.807) is 0 Å². The summed E-state index contributed by atoms with van der Waals surface area (Å²) in [4.78, 5) is 8.52. The van der Waals surface area contributed by atoms with E-state index in [9.17, 15) is 0 Å². The number of benzene rings is 1. The molecule has 0 spiro atoms. The zero-order valence-electron chi connectivity index (χ0n) is 9.32. The molecule has 1 aliphatic rings. The molecular weight excluding hydrogens is 200 g/mol. The summed E-state index contributed by atoms with van der Waals surface area (Å²) < 4.78 is 5.63. The van der Waals surface area contributed by atoms with Crippen LogP contribution in [0.1, 0.15) is 17.0 Å². The van der Waals surface area contributed by atoms with Crippen LogP contribution in [0, 0.1) is 13.8 Å². The summed E-state index contributed by atoms with van der Waals surface area (Å²) in [6, 6.07) is 6.37. The van der Waals surface area contributed by atoms with Crippen LogP contribution in [-0.4, -0.2) is 9.97 Å². The Morgan fingerprint density at radius 2 is 2.06 bits per heavy atom. The van der Waals surface area contributed by atoms with Crippen molar-refractivity contribution in [2.45, 2.75) is 20.5 Å². The minimum Gasteiger partial charge on any atom is -0.472 e. The summed E-state index contributed by atoms with van der Waals surface area (Å²) >= 11 is 0. The van der Waals surface area contributed by atoms with Gasteiger partial charge in [0, 0.05) is 6.20 Å². The average Bonchev–Trinajstić information content (AvgIpc) is 2.28. The number of hydrogen-bond acceptors (Lipinski definition) is 3. The fourth-order valence-electron chi connectivity index (χ4n) is 1.99. The molecule has 80 valence electrons. The second-order valence-electron chi connectivity index (χ2n) is 4.09. The van der Waals surface area contributed by atoms with Crippen molar-refractivity contribution in [3.63, 3.8) is 0 Å². The highest BCUT2D eigenvalue weighted by molar-refractivity contribution is 5.72. The fourth-order valence-corrected chi connectivity index (χ4v) is 1.99. The molecule has 1 aromatic carbocycles. The van der Waals surface area contributed by atoms with Crippen molar-refractivity contribution in [2.24, 2.45) is 0 Å². The van der Waals surface area contributed by atoms with Gasteiger partial charge >= 0.3 is 0 Å². The summed E-state index contributed by atoms with van der Waals surface area (Å²) in [7, 11) is 0. The molecule has 3 nitrogen and oxygen atoms in total. The van der Waals surface area contributed by atoms with Crippen LogP contribution in [0.25, 0.3) is 11.1 Å². The largest absolute Gasteiger partial charge is 0.472 e. The molecular formula is C13H12N2O. The molecule has 3 rings (SSSR count). The molecule has 1 aliphatic heterocycles. The SMILES string of the molecule is Cc1ccc2c(c1)COc1nc(C)ncc1-2. The van der Waals surface area contributed by atoms with Gasteiger partial charge in [-0.2, -0.15) is 4.98 Å². The van der Waals surface area contributed by atoms with Crippen LogP contribution in [0.2, 0.25) is 0 Å². The molecule has 0 saturated carbocycles. The zero-order chi connectivity index (χ0) is 11.1. The van der Waals surface area contributed by atoms with E-state index in [1.165, 1.54) is 16.7 Å². The van der Waals surface area contributed by atoms with E-state index in [4.69, 9.17) is 4.74 Å². The highest BCUT2D eigenvalue weighted by Crippen LogP contribution is 2.35. The summed E-state index contributed by atoms with van der Waals surface area (Å²) in [5.41, 5.74) is 4.64. The van der Waals surface area contributed by atoms with Crippen LogP contribution in [-0.2, 0) is 6.61 Å². The summed E-state index contributed by atoms with van der Waals surface area (Å²) in [6.45, 7) is 4.55. The molecule has 0 unspecified atom stereocenters. The number of aromatic nitrogens is 2. The molecule has 0 radical (unpaired) electrons. The Balaban J connectivity index is 2.23. The molecule has 0 bridgehead atoms. The molecule has 0 fully saturated rings. The maximum atomic E-state index is 5.63. The third-order valence-corrected chi connectivity index (χ3v) is 2.79. The van der Waals surface area contributed by atoms with Gasteiger partial charge in [-0.05, 0) is 25.0 Å². The van der Waals surface area contributed by atoms with E-state index >= 15 is 0 Å². The van der Waals surface area contributed by atoms with E-state index in [0.29, 0.717) is 12.5 Å². The normalized spacial score (nSPS) is 12.6. The predicted molar refractivity (Wildman–Crippen MR) is 61.3 cm³/mol. The van der Waals surface area contributed by atoms with Crippen LogP contribution in [0.4, 0.5) is 0 Å². The molecule has 1 aromatic heterocycles. The van der Waals surface area contributed by atoms with Gasteiger partial charge in [-0.25, -0.2) is 4.98 Å². The molecule has 16 heavy (non-hydrogen) atoms. The lowest BCUT2D eigenvalue weighted by Gasteiger charge is -2.19. The van der Waals surface area contributed by atoms with E-state index < -0.39 is 0 Å². The van der Waals surface area contributed by atoms with Gasteiger partial charge in [0.05, 0.1) is 5.56 Å². The van der Waals surface area contributed by atoms with Gasteiger partial charge in [0.2, 0.25) is 5.88 Å². The number of rotatable bonds is 0. The van der Waals surface area contributed by atoms with E-state index in [0.717, 1.165) is 11.4 Å². The molecule has 2 heterocycles. The second-order valence-corrected chi connectivity index (χ2v) is 4.09. The van der Waals surface area contributed by atoms with Crippen LogP contribution < -0.4 is 4.74 Å². The standard InChI is InChI=1S/C13H12N2O/c1-8-3-4-11-10(5-8)7-16-13-12(11)6-14-9(2)15-13/h3-6H,7H2,1-2H3. The van der Waals surface area contributed by atoms with E-state index in [1.807, 2.05) is 13.1 Å². The van der Waals surface area contributed by atoms with Gasteiger partial charge in [0.25, 0.3) is 0 Å². The summed E-state index contributed by atoms with van der Waals surface area (Å²) in [6.07, 6.45) is 1.84. The first kappa shape index (κ1) is 9.33. The topological polar surface area (TPSA) is 35.0 Å². The first-order valence-electron chi connectivity index (χ1n) is 5.30. The minimum absolute atomic E-state index is 0.598. The highest BCUT2D eigenvalue weighted by atomic mass is 16.5. The van der Waals surface area contributed by atoms with Gasteiger partial charge in [-0.15, -0.1) is 0 Å². The maximum Gasteiger partial charge on any atom is 0.225 e. The molecule has 0 atom stereocenters. The van der Waals surface area contributed by atoms with Crippen molar-refractivity contribution in [3.8, 4) is 17.0 Å². The van der Waals surface area contributed by atoms with Gasteiger partial charge in [-0.3, -0.25) is 0 Å². The Bertz CT molecular complexity index is 512. The van der Waals surface area contributed by atoms with Crippen LogP contribution in [0.3, 0.4) is 0 Å². The lowest BCUT2D eigenvalue weighted by Crippen LogP contribution is -2.08. The van der Waals surface area contributed by atoms with Gasteiger partial charge in [0.1, 0.15) is 12.4 Å². The van der Waals surface area contributed by atoms with E-state index in [-0.39, 0.29) is 0 Å². The Labute approximate surface area is 94.1 Å². The quantitative estimate of drug-likeness (QED) is 0.673. The van der Waals surface area contributed by atoms with Crippen molar-refractivity contribution in [2.75, 3.05) is 0 Å². The lowest BCUT2D eigenvalue weighted by molar-refractivity contribution is 0.288. The zero-order valence-corrected chi connectivity index (χ0v) is 9.32. The fraction of sp³-hybridized carbons (Fsp3) is 0.231. The second kappa shape index (κ2) is 3.30. The van der Waals surface area contributed by atoms with Gasteiger partial charge in [-0.1, -0.05) is 23.8 Å². The Hall–Kier alpha value is -1.90. The average molecular weight is 212 g/mol. The Morgan fingerprint density at radius 1 is 1.19 bits per heavy atom. The third kappa shape index (κ3) is 1.36. The Kier molecular flexibility index (Phi) is 1.93. The molecule has 0 N–H and O–H groups in total. The number of nitrogens with zero attached hydrogens (tertiary/aromatic N) is 2. The number of ether oxygens (including phenoxy) is 1. The van der Waals surface area contributed by atoms with Crippen LogP contribution >= 0.6 is 0 Å². The molecule has 0 saturated heterocycles. The Morgan fingerprint density at radius 3 is 2.94 bits per heavy atom. The third-order valence-electron chi connectivity index (χ3n) is 2.79. The number of fused-ring (bicyclic) bond motifs is 3. The van der Waals surface area contributed by atoms with Gasteiger partial charge in [0.15, 0.2) is 0 Å². The van der Waals surface area contributed by atoms with Crippen LogP contribution in [0.15, 0.2) is 24.4 Å². The number of hydrogen-bond donors (Lipinski definition) is 0. The molecule has 0 aliphatic carbocycles. The van der Waals surface area contributed by atoms with Crippen LogP contribution in [0.5, 0.6) is 5.88 Å². The van der Waals surface area contributed by atoms with E-state index in [2.05, 4.69) is 35.1 Å². The van der Waals surface area contributed by atoms with Crippen molar-refractivity contribution in [3.05, 3.63) is 41.3 Å². The van der Waals surface area contributed by atoms with Crippen molar-refractivity contribution < 1.29 is 4.74 Å². The first-order valence-corrected chi connectivity index (χ1v) is 5.30. The summed E-state index contributed by atoms with van der Waals surface area (Å²) in [5, 5.41) is 0. The smallest absolute Gasteiger partial charge is 0.225 e. The highest BCUT2D eigenvalue weighted by Gasteiger charge is 2.18. The predicted octanol–water partition coefficient (Wildman–Crippen LogP) is 2.65. The molecule has 2 aromatic rings. The maximum absolute atomic E-state index is 5.63. The molecule has 0 amide bonds. The minimum atomic E-state index is 0.598. The molecule has 3 heteroatoms. The van der Waals surface area contributed by atoms with Crippen molar-refractivity contribution in [1.29, 1.82) is 0 Å². The van der Waals surface area contributed by atoms with Crippen molar-refractivity contribution in [1.82, 2.24) is 9.97 Å². The van der Waals surface area contributed by atoms with Gasteiger partial charge < -0.3 is 4.74 Å².